The van der Waals surface area contributed by atoms with Crippen molar-refractivity contribution in [1.82, 2.24) is 20.1 Å². The molecule has 2 heterocycles. The monoisotopic (exact) mass is 357 g/mol. The predicted octanol–water partition coefficient (Wildman–Crippen LogP) is 3.40. The molecule has 0 fully saturated rings. The second kappa shape index (κ2) is 9.09. The molecule has 0 aromatic carbocycles. The molecule has 136 valence electrons. The van der Waals surface area contributed by atoms with E-state index in [1.165, 1.54) is 6.33 Å². The van der Waals surface area contributed by atoms with E-state index in [0.29, 0.717) is 25.1 Å². The van der Waals surface area contributed by atoms with Gasteiger partial charge in [-0.2, -0.15) is 18.2 Å². The molecule has 1 amide bonds. The maximum absolute atomic E-state index is 12.3. The van der Waals surface area contributed by atoms with Crippen LogP contribution in [-0.4, -0.2) is 26.0 Å². The number of carbonyl (C=O) groups is 1. The Morgan fingerprint density at radius 3 is 2.60 bits per heavy atom. The molecule has 7 nitrogen and oxygen atoms in total. The van der Waals surface area contributed by atoms with Gasteiger partial charge in [0.1, 0.15) is 12.1 Å². The third kappa shape index (κ3) is 6.86. The van der Waals surface area contributed by atoms with Crippen molar-refractivity contribution < 1.29 is 22.5 Å². The second-order valence-corrected chi connectivity index (χ2v) is 5.42. The van der Waals surface area contributed by atoms with Crippen molar-refractivity contribution in [1.29, 1.82) is 0 Å². The van der Waals surface area contributed by atoms with E-state index in [-0.39, 0.29) is 11.7 Å². The Bertz CT molecular complexity index is 661. The number of carbonyl (C=O) groups excluding carboxylic acids is 1. The first-order valence-corrected chi connectivity index (χ1v) is 7.91. The van der Waals surface area contributed by atoms with Crippen LogP contribution in [0.15, 0.2) is 23.1 Å². The van der Waals surface area contributed by atoms with Gasteiger partial charge < -0.3 is 9.84 Å². The minimum Gasteiger partial charge on any atom is -0.329 e. The van der Waals surface area contributed by atoms with E-state index >= 15 is 0 Å². The maximum atomic E-state index is 12.3. The summed E-state index contributed by atoms with van der Waals surface area (Å²) in [7, 11) is 0. The smallest absolute Gasteiger partial charge is 0.329 e. The number of aryl methyl sites for hydroxylation is 1. The Morgan fingerprint density at radius 1 is 1.16 bits per heavy atom. The highest BCUT2D eigenvalue weighted by Gasteiger charge is 2.38. The van der Waals surface area contributed by atoms with Gasteiger partial charge in [0.05, 0.1) is 0 Å². The predicted molar refractivity (Wildman–Crippen MR) is 81.4 cm³/mol. The minimum absolute atomic E-state index is 0.0663. The zero-order chi connectivity index (χ0) is 18.1. The van der Waals surface area contributed by atoms with Crippen molar-refractivity contribution >= 4 is 11.7 Å². The summed E-state index contributed by atoms with van der Waals surface area (Å²) in [5, 5.41) is 5.98. The fraction of sp³-hybridized carbons (Fsp3) is 0.533. The van der Waals surface area contributed by atoms with Gasteiger partial charge in [0.15, 0.2) is 5.82 Å². The van der Waals surface area contributed by atoms with Crippen LogP contribution in [0.3, 0.4) is 0 Å². The number of nitrogens with one attached hydrogen (secondary N) is 1. The summed E-state index contributed by atoms with van der Waals surface area (Å²) in [4.78, 5) is 22.7. The van der Waals surface area contributed by atoms with Crippen LogP contribution in [0.4, 0.5) is 19.0 Å². The molecule has 0 aliphatic carbocycles. The number of hydrogen-bond acceptors (Lipinski definition) is 6. The lowest BCUT2D eigenvalue weighted by Gasteiger charge is -2.03. The number of nitrogens with zero attached hydrogens (tertiary/aromatic N) is 4. The maximum Gasteiger partial charge on any atom is 0.471 e. The lowest BCUT2D eigenvalue weighted by Crippen LogP contribution is -2.12. The Hall–Kier alpha value is -2.52. The highest BCUT2D eigenvalue weighted by atomic mass is 19.4. The van der Waals surface area contributed by atoms with E-state index in [0.717, 1.165) is 25.7 Å². The molecular formula is C15H18F3N5O2. The SMILES string of the molecule is O=C(CCCCCCCc1noc(C(F)(F)F)n1)Nc1ccncn1. The zero-order valence-electron chi connectivity index (χ0n) is 13.4. The van der Waals surface area contributed by atoms with Crippen LogP contribution in [-0.2, 0) is 17.4 Å². The zero-order valence-corrected chi connectivity index (χ0v) is 13.4. The van der Waals surface area contributed by atoms with Gasteiger partial charge in [-0.25, -0.2) is 9.97 Å². The van der Waals surface area contributed by atoms with Crippen LogP contribution in [0, 0.1) is 0 Å². The number of anilines is 1. The van der Waals surface area contributed by atoms with Gasteiger partial charge >= 0.3 is 12.1 Å². The van der Waals surface area contributed by atoms with Gasteiger partial charge in [-0.1, -0.05) is 24.4 Å². The van der Waals surface area contributed by atoms with E-state index in [1.807, 2.05) is 0 Å². The van der Waals surface area contributed by atoms with Crippen molar-refractivity contribution in [3.8, 4) is 0 Å². The van der Waals surface area contributed by atoms with Gasteiger partial charge in [0.2, 0.25) is 5.91 Å². The molecule has 0 bridgehead atoms. The standard InChI is InChI=1S/C15H18F3N5O2/c16-15(17,18)14-22-12(23-25-14)6-4-2-1-3-5-7-13(24)21-11-8-9-19-10-20-11/h8-10H,1-7H2,(H,19,20,21,24). The largest absolute Gasteiger partial charge is 0.471 e. The molecule has 0 unspecified atom stereocenters. The topological polar surface area (TPSA) is 93.8 Å². The molecule has 0 aliphatic rings. The van der Waals surface area contributed by atoms with Crippen molar-refractivity contribution in [3.05, 3.63) is 30.3 Å². The summed E-state index contributed by atoms with van der Waals surface area (Å²) < 4.78 is 41.0. The molecule has 2 aromatic rings. The Morgan fingerprint density at radius 2 is 1.92 bits per heavy atom. The van der Waals surface area contributed by atoms with Crippen LogP contribution in [0.5, 0.6) is 0 Å². The molecule has 0 saturated heterocycles. The first-order chi connectivity index (χ1) is 11.9. The minimum atomic E-state index is -4.60. The lowest BCUT2D eigenvalue weighted by atomic mass is 10.1. The fourth-order valence-electron chi connectivity index (χ4n) is 2.14. The molecule has 0 radical (unpaired) electrons. The number of halogens is 3. The van der Waals surface area contributed by atoms with Crippen molar-refractivity contribution in [2.75, 3.05) is 5.32 Å². The number of aromatic nitrogens is 4. The Labute approximate surface area is 142 Å². The molecule has 0 atom stereocenters. The van der Waals surface area contributed by atoms with E-state index < -0.39 is 12.1 Å². The number of unbranched alkanes of at least 4 members (excludes halogenated alkanes) is 4. The van der Waals surface area contributed by atoms with Crippen molar-refractivity contribution in [2.24, 2.45) is 0 Å². The number of alkyl halides is 3. The third-order valence-electron chi connectivity index (χ3n) is 3.36. The van der Waals surface area contributed by atoms with Crippen LogP contribution in [0.25, 0.3) is 0 Å². The summed E-state index contributed by atoms with van der Waals surface area (Å²) in [6.07, 6.45) is 3.00. The van der Waals surface area contributed by atoms with E-state index in [9.17, 15) is 18.0 Å². The van der Waals surface area contributed by atoms with Gasteiger partial charge in [-0.05, 0) is 18.9 Å². The highest BCUT2D eigenvalue weighted by Crippen LogP contribution is 2.27. The molecule has 1 N–H and O–H groups in total. The fourth-order valence-corrected chi connectivity index (χ4v) is 2.14. The first-order valence-electron chi connectivity index (χ1n) is 7.91. The van der Waals surface area contributed by atoms with E-state index in [4.69, 9.17) is 0 Å². The van der Waals surface area contributed by atoms with Gasteiger partial charge in [-0.15, -0.1) is 0 Å². The Kier molecular flexibility index (Phi) is 6.84. The normalized spacial score (nSPS) is 11.5. The van der Waals surface area contributed by atoms with Crippen molar-refractivity contribution in [3.63, 3.8) is 0 Å². The number of hydrogen-bond donors (Lipinski definition) is 1. The molecule has 2 rings (SSSR count). The third-order valence-corrected chi connectivity index (χ3v) is 3.36. The molecule has 0 saturated carbocycles. The van der Waals surface area contributed by atoms with Crippen LogP contribution < -0.4 is 5.32 Å². The summed E-state index contributed by atoms with van der Waals surface area (Å²) in [6, 6.07) is 1.61. The average molecular weight is 357 g/mol. The van der Waals surface area contributed by atoms with Crippen molar-refractivity contribution in [2.45, 2.75) is 51.1 Å². The molecule has 0 aliphatic heterocycles. The van der Waals surface area contributed by atoms with Gasteiger partial charge in [-0.3, -0.25) is 4.79 Å². The molecule has 2 aromatic heterocycles. The second-order valence-electron chi connectivity index (χ2n) is 5.42. The van der Waals surface area contributed by atoms with E-state index in [1.54, 1.807) is 12.3 Å². The van der Waals surface area contributed by atoms with Crippen LogP contribution in [0.1, 0.15) is 50.2 Å². The molecule has 10 heteroatoms. The van der Waals surface area contributed by atoms with E-state index in [2.05, 4.69) is 29.9 Å². The highest BCUT2D eigenvalue weighted by molar-refractivity contribution is 5.89. The quantitative estimate of drug-likeness (QED) is 0.691. The number of amides is 1. The first kappa shape index (κ1) is 18.8. The Balaban J connectivity index is 1.52. The summed E-state index contributed by atoms with van der Waals surface area (Å²) in [6.45, 7) is 0. The van der Waals surface area contributed by atoms with Crippen LogP contribution in [0.2, 0.25) is 0 Å². The molecular weight excluding hydrogens is 339 g/mol. The summed E-state index contributed by atoms with van der Waals surface area (Å²) >= 11 is 0. The average Bonchev–Trinajstić information content (AvgIpc) is 3.04. The molecule has 25 heavy (non-hydrogen) atoms. The van der Waals surface area contributed by atoms with Gasteiger partial charge in [0, 0.05) is 19.0 Å². The van der Waals surface area contributed by atoms with Gasteiger partial charge in [0.25, 0.3) is 0 Å². The molecule has 0 spiro atoms. The lowest BCUT2D eigenvalue weighted by molar-refractivity contribution is -0.159. The van der Waals surface area contributed by atoms with Crippen LogP contribution >= 0.6 is 0 Å². The summed E-state index contributed by atoms with van der Waals surface area (Å²) in [5.74, 6) is -0.878. The number of rotatable bonds is 9. The summed E-state index contributed by atoms with van der Waals surface area (Å²) in [5.41, 5.74) is 0.